The highest BCUT2D eigenvalue weighted by Gasteiger charge is 2.13. The summed E-state index contributed by atoms with van der Waals surface area (Å²) in [7, 11) is 1.89. The van der Waals surface area contributed by atoms with Crippen LogP contribution in [0.2, 0.25) is 0 Å². The summed E-state index contributed by atoms with van der Waals surface area (Å²) < 4.78 is 7.64. The van der Waals surface area contributed by atoms with Crippen LogP contribution >= 0.6 is 11.6 Å². The van der Waals surface area contributed by atoms with Crippen LogP contribution in [0.1, 0.15) is 10.4 Å². The number of nitrogens with zero attached hydrogens (tertiary/aromatic N) is 2. The van der Waals surface area contributed by atoms with Crippen molar-refractivity contribution >= 4 is 28.3 Å². The molecule has 2 heterocycles. The number of fused-ring (bicyclic) bond motifs is 1. The average Bonchev–Trinajstić information content (AvgIpc) is 2.84. The Morgan fingerprint density at radius 2 is 2.19 bits per heavy atom. The molecule has 0 spiro atoms. The van der Waals surface area contributed by atoms with Crippen molar-refractivity contribution in [1.29, 1.82) is 0 Å². The first-order valence-electron chi connectivity index (χ1n) is 6.45. The lowest BCUT2D eigenvalue weighted by atomic mass is 10.1. The van der Waals surface area contributed by atoms with Gasteiger partial charge in [-0.05, 0) is 24.3 Å². The van der Waals surface area contributed by atoms with Gasteiger partial charge in [-0.2, -0.15) is 0 Å². The maximum atomic E-state index is 11.8. The zero-order valence-corrected chi connectivity index (χ0v) is 12.2. The first kappa shape index (κ1) is 13.6. The van der Waals surface area contributed by atoms with Crippen molar-refractivity contribution in [3.05, 3.63) is 54.5 Å². The molecule has 0 saturated heterocycles. The predicted octanol–water partition coefficient (Wildman–Crippen LogP) is 3.79. The predicted molar refractivity (Wildman–Crippen MR) is 82.3 cm³/mol. The number of hydrogen-bond donors (Lipinski definition) is 0. The summed E-state index contributed by atoms with van der Waals surface area (Å²) in [5.74, 6) is 1.26. The van der Waals surface area contributed by atoms with Crippen molar-refractivity contribution in [3.63, 3.8) is 0 Å². The number of aromatic nitrogens is 2. The molecule has 4 nitrogen and oxygen atoms in total. The third-order valence-corrected chi connectivity index (χ3v) is 3.50. The topological polar surface area (TPSA) is 44.1 Å². The zero-order valence-electron chi connectivity index (χ0n) is 11.4. The van der Waals surface area contributed by atoms with Crippen molar-refractivity contribution in [2.75, 3.05) is 5.88 Å². The number of carbonyl (C=O) groups is 1. The van der Waals surface area contributed by atoms with E-state index in [2.05, 4.69) is 4.98 Å². The number of carbonyl (C=O) groups excluding carboxylic acids is 1. The molecule has 5 heteroatoms. The first-order chi connectivity index (χ1) is 10.2. The normalized spacial score (nSPS) is 10.8. The van der Waals surface area contributed by atoms with Gasteiger partial charge in [0.25, 0.3) is 0 Å². The van der Waals surface area contributed by atoms with Gasteiger partial charge in [0.2, 0.25) is 0 Å². The smallest absolute Gasteiger partial charge is 0.179 e. The van der Waals surface area contributed by atoms with E-state index in [0.717, 1.165) is 10.9 Å². The monoisotopic (exact) mass is 300 g/mol. The van der Waals surface area contributed by atoms with E-state index < -0.39 is 0 Å². The van der Waals surface area contributed by atoms with Gasteiger partial charge in [0.05, 0.1) is 17.6 Å². The van der Waals surface area contributed by atoms with Crippen molar-refractivity contribution in [3.8, 4) is 11.5 Å². The number of Topliss-reactive ketones (excluding diaryl/α,β-unsaturated/α-hetero) is 1. The highest BCUT2D eigenvalue weighted by Crippen LogP contribution is 2.28. The third kappa shape index (κ3) is 2.62. The Morgan fingerprint density at radius 1 is 1.33 bits per heavy atom. The van der Waals surface area contributed by atoms with Gasteiger partial charge in [-0.15, -0.1) is 11.6 Å². The van der Waals surface area contributed by atoms with Gasteiger partial charge in [-0.1, -0.05) is 0 Å². The molecular weight excluding hydrogens is 288 g/mol. The van der Waals surface area contributed by atoms with Crippen LogP contribution in [0.25, 0.3) is 10.9 Å². The average molecular weight is 301 g/mol. The van der Waals surface area contributed by atoms with E-state index in [0.29, 0.717) is 17.1 Å². The van der Waals surface area contributed by atoms with Crippen LogP contribution in [0, 0.1) is 0 Å². The molecular formula is C16H13ClN2O2. The molecule has 106 valence electrons. The third-order valence-electron chi connectivity index (χ3n) is 3.25. The number of hydrogen-bond acceptors (Lipinski definition) is 3. The Morgan fingerprint density at radius 3 is 2.90 bits per heavy atom. The fourth-order valence-electron chi connectivity index (χ4n) is 2.26. The minimum absolute atomic E-state index is 0.0208. The molecule has 1 aromatic carbocycles. The van der Waals surface area contributed by atoms with E-state index in [9.17, 15) is 4.79 Å². The van der Waals surface area contributed by atoms with Gasteiger partial charge < -0.3 is 9.30 Å². The SMILES string of the molecule is Cn1cc(C(=O)CCl)c2ccc(Oc3cccnc3)cc21. The number of pyridine rings is 1. The molecule has 0 fully saturated rings. The zero-order chi connectivity index (χ0) is 14.8. The minimum Gasteiger partial charge on any atom is -0.456 e. The Bertz CT molecular complexity index is 797. The van der Waals surface area contributed by atoms with Crippen LogP contribution in [-0.2, 0) is 7.05 Å². The molecule has 0 aliphatic rings. The van der Waals surface area contributed by atoms with Crippen LogP contribution in [0.15, 0.2) is 48.9 Å². The summed E-state index contributed by atoms with van der Waals surface area (Å²) in [6.07, 6.45) is 5.14. The number of halogens is 1. The van der Waals surface area contributed by atoms with Gasteiger partial charge in [0.1, 0.15) is 11.5 Å². The molecule has 3 aromatic rings. The van der Waals surface area contributed by atoms with Crippen LogP contribution in [0.5, 0.6) is 11.5 Å². The molecule has 0 bridgehead atoms. The minimum atomic E-state index is -0.0804. The standard InChI is InChI=1S/C16H13ClN2O2/c1-19-10-14(16(20)8-17)13-5-4-11(7-15(13)19)21-12-3-2-6-18-9-12/h2-7,9-10H,8H2,1H3. The second-order valence-corrected chi connectivity index (χ2v) is 4.95. The molecule has 0 unspecified atom stereocenters. The van der Waals surface area contributed by atoms with Crippen molar-refractivity contribution in [1.82, 2.24) is 9.55 Å². The summed E-state index contributed by atoms with van der Waals surface area (Å²) >= 11 is 5.64. The van der Waals surface area contributed by atoms with E-state index >= 15 is 0 Å². The van der Waals surface area contributed by atoms with Crippen molar-refractivity contribution in [2.24, 2.45) is 7.05 Å². The number of benzene rings is 1. The lowest BCUT2D eigenvalue weighted by Gasteiger charge is -2.06. The molecule has 0 atom stereocenters. The van der Waals surface area contributed by atoms with Crippen LogP contribution in [-0.4, -0.2) is 21.2 Å². The molecule has 0 aliphatic carbocycles. The summed E-state index contributed by atoms with van der Waals surface area (Å²) in [5, 5.41) is 0.877. The Kier molecular flexibility index (Phi) is 3.62. The fourth-order valence-corrected chi connectivity index (χ4v) is 2.41. The van der Waals surface area contributed by atoms with E-state index in [1.807, 2.05) is 41.9 Å². The van der Waals surface area contributed by atoms with E-state index in [4.69, 9.17) is 16.3 Å². The first-order valence-corrected chi connectivity index (χ1v) is 6.98. The summed E-state index contributed by atoms with van der Waals surface area (Å²) in [6, 6.07) is 9.26. The fraction of sp³-hybridized carbons (Fsp3) is 0.125. The van der Waals surface area contributed by atoms with Crippen molar-refractivity contribution in [2.45, 2.75) is 0 Å². The van der Waals surface area contributed by atoms with Gasteiger partial charge in [0.15, 0.2) is 5.78 Å². The maximum absolute atomic E-state index is 11.8. The van der Waals surface area contributed by atoms with Gasteiger partial charge >= 0.3 is 0 Å². The van der Waals surface area contributed by atoms with Gasteiger partial charge in [-0.3, -0.25) is 9.78 Å². The number of ketones is 1. The number of ether oxygens (including phenoxy) is 1. The Labute approximate surface area is 126 Å². The van der Waals surface area contributed by atoms with Crippen molar-refractivity contribution < 1.29 is 9.53 Å². The number of alkyl halides is 1. The molecule has 21 heavy (non-hydrogen) atoms. The van der Waals surface area contributed by atoms with Crippen LogP contribution in [0.3, 0.4) is 0 Å². The molecule has 3 rings (SSSR count). The quantitative estimate of drug-likeness (QED) is 0.544. The van der Waals surface area contributed by atoms with E-state index in [-0.39, 0.29) is 11.7 Å². The maximum Gasteiger partial charge on any atom is 0.179 e. The lowest BCUT2D eigenvalue weighted by Crippen LogP contribution is -1.98. The largest absolute Gasteiger partial charge is 0.456 e. The van der Waals surface area contributed by atoms with E-state index in [1.54, 1.807) is 18.6 Å². The van der Waals surface area contributed by atoms with E-state index in [1.165, 1.54) is 0 Å². The Balaban J connectivity index is 2.01. The summed E-state index contributed by atoms with van der Waals surface area (Å²) in [6.45, 7) is 0. The van der Waals surface area contributed by atoms with Gasteiger partial charge in [0, 0.05) is 36.5 Å². The number of aryl methyl sites for hydroxylation is 1. The second-order valence-electron chi connectivity index (χ2n) is 4.68. The van der Waals surface area contributed by atoms with Crippen LogP contribution in [0.4, 0.5) is 0 Å². The summed E-state index contributed by atoms with van der Waals surface area (Å²) in [5.41, 5.74) is 1.56. The molecule has 0 aliphatic heterocycles. The molecule has 0 N–H and O–H groups in total. The molecule has 0 saturated carbocycles. The van der Waals surface area contributed by atoms with Gasteiger partial charge in [-0.25, -0.2) is 0 Å². The lowest BCUT2D eigenvalue weighted by molar-refractivity contribution is 0.102. The molecule has 0 amide bonds. The highest BCUT2D eigenvalue weighted by molar-refractivity contribution is 6.32. The second kappa shape index (κ2) is 5.58. The molecule has 0 radical (unpaired) electrons. The molecule has 2 aromatic heterocycles. The highest BCUT2D eigenvalue weighted by atomic mass is 35.5. The Hall–Kier alpha value is -2.33. The number of rotatable bonds is 4. The van der Waals surface area contributed by atoms with Crippen LogP contribution < -0.4 is 4.74 Å². The summed E-state index contributed by atoms with van der Waals surface area (Å²) in [4.78, 5) is 15.8.